The Kier molecular flexibility index (Phi) is 5.78. The maximum atomic E-state index is 5.84. The van der Waals surface area contributed by atoms with Gasteiger partial charge in [-0.15, -0.1) is 0 Å². The van der Waals surface area contributed by atoms with Crippen LogP contribution in [0.25, 0.3) is 5.69 Å². The molecule has 5 rings (SSSR count). The summed E-state index contributed by atoms with van der Waals surface area (Å²) in [6.07, 6.45) is 3.55. The molecule has 0 aliphatic carbocycles. The number of thiocarbonyl (C=S) groups is 1. The van der Waals surface area contributed by atoms with E-state index in [4.69, 9.17) is 16.6 Å². The summed E-state index contributed by atoms with van der Waals surface area (Å²) in [5, 5.41) is 4.26. The summed E-state index contributed by atoms with van der Waals surface area (Å²) < 4.78 is 8.08. The zero-order valence-electron chi connectivity index (χ0n) is 20.3. The molecule has 34 heavy (non-hydrogen) atoms. The summed E-state index contributed by atoms with van der Waals surface area (Å²) in [4.78, 5) is 6.91. The number of benzene rings is 1. The van der Waals surface area contributed by atoms with Gasteiger partial charge in [-0.1, -0.05) is 23.8 Å². The quantitative estimate of drug-likeness (QED) is 0.353. The Labute approximate surface area is 206 Å². The zero-order valence-corrected chi connectivity index (χ0v) is 21.1. The fourth-order valence-corrected chi connectivity index (χ4v) is 5.75. The van der Waals surface area contributed by atoms with Crippen LogP contribution < -0.4 is 5.32 Å². The molecule has 0 radical (unpaired) electrons. The lowest BCUT2D eigenvalue weighted by Gasteiger charge is -2.27. The number of aryl methyl sites for hydroxylation is 4. The third-order valence-electron chi connectivity index (χ3n) is 6.75. The molecule has 1 saturated heterocycles. The van der Waals surface area contributed by atoms with Crippen molar-refractivity contribution in [1.82, 2.24) is 19.8 Å². The number of furan rings is 1. The van der Waals surface area contributed by atoms with E-state index in [0.29, 0.717) is 11.7 Å². The topological polar surface area (TPSA) is 46.2 Å². The summed E-state index contributed by atoms with van der Waals surface area (Å²) in [7, 11) is 0. The van der Waals surface area contributed by atoms with Crippen molar-refractivity contribution in [1.29, 1.82) is 0 Å². The van der Waals surface area contributed by atoms with Crippen molar-refractivity contribution in [2.75, 3.05) is 0 Å². The summed E-state index contributed by atoms with van der Waals surface area (Å²) >= 11 is 5.84. The highest BCUT2D eigenvalue weighted by Crippen LogP contribution is 2.42. The lowest BCUT2D eigenvalue weighted by molar-refractivity contribution is 0.286. The van der Waals surface area contributed by atoms with Gasteiger partial charge in [-0.25, -0.2) is 0 Å². The molecule has 0 unspecified atom stereocenters. The van der Waals surface area contributed by atoms with E-state index in [1.807, 2.05) is 30.5 Å². The number of nitrogens with zero attached hydrogens (tertiary/aromatic N) is 3. The highest BCUT2D eigenvalue weighted by molar-refractivity contribution is 7.80. The molecule has 5 nitrogen and oxygen atoms in total. The number of pyridine rings is 1. The highest BCUT2D eigenvalue weighted by atomic mass is 32.1. The third-order valence-corrected chi connectivity index (χ3v) is 7.10. The molecule has 1 N–H and O–H groups in total. The molecule has 4 heterocycles. The van der Waals surface area contributed by atoms with Crippen LogP contribution in [0.1, 0.15) is 57.2 Å². The smallest absolute Gasteiger partial charge is 0.170 e. The van der Waals surface area contributed by atoms with Crippen LogP contribution >= 0.6 is 12.2 Å². The van der Waals surface area contributed by atoms with Gasteiger partial charge < -0.3 is 19.2 Å². The van der Waals surface area contributed by atoms with E-state index < -0.39 is 0 Å². The first-order valence-corrected chi connectivity index (χ1v) is 12.0. The molecule has 0 amide bonds. The van der Waals surface area contributed by atoms with E-state index >= 15 is 0 Å². The van der Waals surface area contributed by atoms with Gasteiger partial charge in [-0.2, -0.15) is 0 Å². The molecule has 1 aliphatic heterocycles. The van der Waals surface area contributed by atoms with E-state index in [1.54, 1.807) is 6.26 Å². The van der Waals surface area contributed by atoms with Crippen molar-refractivity contribution in [2.24, 2.45) is 0 Å². The van der Waals surface area contributed by atoms with E-state index in [1.165, 1.54) is 39.3 Å². The Morgan fingerprint density at radius 2 is 1.76 bits per heavy atom. The molecule has 6 heteroatoms. The van der Waals surface area contributed by atoms with Gasteiger partial charge in [0.1, 0.15) is 5.76 Å². The molecule has 4 aromatic rings. The Morgan fingerprint density at radius 3 is 2.41 bits per heavy atom. The van der Waals surface area contributed by atoms with Crippen LogP contribution in [-0.2, 0) is 6.54 Å². The molecule has 1 fully saturated rings. The van der Waals surface area contributed by atoms with Crippen LogP contribution in [0.2, 0.25) is 0 Å². The fourth-order valence-electron chi connectivity index (χ4n) is 5.44. The molecule has 0 spiro atoms. The zero-order chi connectivity index (χ0) is 24.0. The van der Waals surface area contributed by atoms with Crippen molar-refractivity contribution in [2.45, 2.75) is 53.2 Å². The van der Waals surface area contributed by atoms with Gasteiger partial charge in [0.25, 0.3) is 0 Å². The van der Waals surface area contributed by atoms with Gasteiger partial charge >= 0.3 is 0 Å². The van der Waals surface area contributed by atoms with Crippen molar-refractivity contribution in [3.63, 3.8) is 0 Å². The SMILES string of the molecule is Cc1cc(C)c(-n2c(C)cc([C@H]3[C@H](c4ccccn4)NC(=S)N3Cc3ccco3)c2C)c(C)c1. The molecule has 0 saturated carbocycles. The van der Waals surface area contributed by atoms with Crippen molar-refractivity contribution in [3.05, 3.63) is 106 Å². The van der Waals surface area contributed by atoms with Gasteiger partial charge in [-0.05, 0) is 93.9 Å². The standard InChI is InChI=1S/C28H30N4OS/c1-17-13-18(2)26(19(3)14-17)32-20(4)15-23(21(32)5)27-25(24-10-6-7-11-29-24)30-28(34)31(27)16-22-9-8-12-33-22/h6-15,25,27H,16H2,1-5H3,(H,30,34)/t25-,27-/m0/s1. The Bertz CT molecular complexity index is 1320. The average molecular weight is 471 g/mol. The summed E-state index contributed by atoms with van der Waals surface area (Å²) in [6, 6.07) is 16.7. The molecular weight excluding hydrogens is 440 g/mol. The number of aromatic nitrogens is 2. The minimum absolute atomic E-state index is 0.0153. The monoisotopic (exact) mass is 470 g/mol. The molecular formula is C28H30N4OS. The Morgan fingerprint density at radius 1 is 1.00 bits per heavy atom. The number of nitrogens with one attached hydrogen (secondary N) is 1. The highest BCUT2D eigenvalue weighted by Gasteiger charge is 2.41. The average Bonchev–Trinajstić information content (AvgIpc) is 3.49. The lowest BCUT2D eigenvalue weighted by Crippen LogP contribution is -2.29. The second-order valence-corrected chi connectivity index (χ2v) is 9.63. The van der Waals surface area contributed by atoms with Gasteiger partial charge in [-0.3, -0.25) is 4.98 Å². The molecule has 174 valence electrons. The lowest BCUT2D eigenvalue weighted by atomic mass is 9.96. The van der Waals surface area contributed by atoms with Crippen LogP contribution in [0, 0.1) is 34.6 Å². The van der Waals surface area contributed by atoms with E-state index in [-0.39, 0.29) is 12.1 Å². The maximum Gasteiger partial charge on any atom is 0.170 e. The predicted molar refractivity (Wildman–Crippen MR) is 139 cm³/mol. The van der Waals surface area contributed by atoms with Crippen molar-refractivity contribution >= 4 is 17.3 Å². The van der Waals surface area contributed by atoms with Gasteiger partial charge in [0.2, 0.25) is 0 Å². The largest absolute Gasteiger partial charge is 0.467 e. The third kappa shape index (κ3) is 3.82. The molecule has 2 atom stereocenters. The minimum Gasteiger partial charge on any atom is -0.467 e. The number of hydrogen-bond acceptors (Lipinski definition) is 3. The normalized spacial score (nSPS) is 17.9. The van der Waals surface area contributed by atoms with Crippen molar-refractivity contribution < 1.29 is 4.42 Å². The first kappa shape index (κ1) is 22.4. The van der Waals surface area contributed by atoms with Gasteiger partial charge in [0.15, 0.2) is 5.11 Å². The summed E-state index contributed by atoms with van der Waals surface area (Å²) in [6.45, 7) is 11.5. The fraction of sp³-hybridized carbons (Fsp3) is 0.286. The van der Waals surface area contributed by atoms with Crippen LogP contribution in [0.4, 0.5) is 0 Å². The summed E-state index contributed by atoms with van der Waals surface area (Å²) in [5.74, 6) is 0.884. The van der Waals surface area contributed by atoms with Gasteiger partial charge in [0.05, 0.1) is 36.3 Å². The Balaban J connectivity index is 1.66. The molecule has 1 aliphatic rings. The molecule has 3 aromatic heterocycles. The number of hydrogen-bond donors (Lipinski definition) is 1. The van der Waals surface area contributed by atoms with E-state index in [0.717, 1.165) is 11.5 Å². The van der Waals surface area contributed by atoms with Crippen LogP contribution in [0.5, 0.6) is 0 Å². The second kappa shape index (κ2) is 8.76. The van der Waals surface area contributed by atoms with Crippen molar-refractivity contribution in [3.8, 4) is 5.69 Å². The summed E-state index contributed by atoms with van der Waals surface area (Å²) in [5.41, 5.74) is 9.74. The Hall–Kier alpha value is -3.38. The van der Waals surface area contributed by atoms with E-state index in [2.05, 4.69) is 78.7 Å². The minimum atomic E-state index is -0.0576. The van der Waals surface area contributed by atoms with Gasteiger partial charge in [0, 0.05) is 17.6 Å². The predicted octanol–water partition coefficient (Wildman–Crippen LogP) is 6.18. The number of rotatable bonds is 5. The maximum absolute atomic E-state index is 5.84. The first-order valence-electron chi connectivity index (χ1n) is 11.6. The second-order valence-electron chi connectivity index (χ2n) is 9.24. The van der Waals surface area contributed by atoms with E-state index in [9.17, 15) is 0 Å². The molecule has 1 aromatic carbocycles. The van der Waals surface area contributed by atoms with Crippen LogP contribution in [0.15, 0.2) is 65.4 Å². The first-order chi connectivity index (χ1) is 16.3. The molecule has 0 bridgehead atoms. The van der Waals surface area contributed by atoms with Crippen LogP contribution in [-0.4, -0.2) is 19.6 Å². The van der Waals surface area contributed by atoms with Crippen LogP contribution in [0.3, 0.4) is 0 Å².